The predicted molar refractivity (Wildman–Crippen MR) is 74.6 cm³/mol. The standard InChI is InChI=1S/C13H18ClNO2S/c1-15-11-6-7-12(8-11)18(16,17)9-10-4-2-3-5-13(10)14/h2-5,11-12,15H,6-9H2,1H3. The van der Waals surface area contributed by atoms with Gasteiger partial charge in [-0.25, -0.2) is 8.42 Å². The Hall–Kier alpha value is -0.580. The van der Waals surface area contributed by atoms with Gasteiger partial charge in [-0.1, -0.05) is 29.8 Å². The minimum absolute atomic E-state index is 0.0494. The third-order valence-corrected chi connectivity index (χ3v) is 6.14. The molecule has 2 unspecified atom stereocenters. The van der Waals surface area contributed by atoms with E-state index in [0.717, 1.165) is 12.8 Å². The van der Waals surface area contributed by atoms with Crippen molar-refractivity contribution < 1.29 is 8.42 Å². The molecule has 2 atom stereocenters. The summed E-state index contributed by atoms with van der Waals surface area (Å²) in [4.78, 5) is 0. The molecular formula is C13H18ClNO2S. The number of nitrogens with one attached hydrogen (secondary N) is 1. The number of rotatable bonds is 4. The summed E-state index contributed by atoms with van der Waals surface area (Å²) in [5.74, 6) is 0.0494. The molecule has 0 aromatic heterocycles. The van der Waals surface area contributed by atoms with Gasteiger partial charge in [-0.15, -0.1) is 0 Å². The second kappa shape index (κ2) is 5.59. The van der Waals surface area contributed by atoms with Gasteiger partial charge >= 0.3 is 0 Å². The Bertz CT molecular complexity index is 515. The Morgan fingerprint density at radius 2 is 2.06 bits per heavy atom. The molecule has 1 aromatic rings. The van der Waals surface area contributed by atoms with E-state index >= 15 is 0 Å². The van der Waals surface area contributed by atoms with Crippen LogP contribution in [0, 0.1) is 0 Å². The van der Waals surface area contributed by atoms with Gasteiger partial charge in [0.2, 0.25) is 0 Å². The number of benzene rings is 1. The van der Waals surface area contributed by atoms with Crippen molar-refractivity contribution in [2.45, 2.75) is 36.3 Å². The van der Waals surface area contributed by atoms with Crippen LogP contribution >= 0.6 is 11.6 Å². The summed E-state index contributed by atoms with van der Waals surface area (Å²) < 4.78 is 24.7. The summed E-state index contributed by atoms with van der Waals surface area (Å²) in [6.45, 7) is 0. The first kappa shape index (κ1) is 13.8. The van der Waals surface area contributed by atoms with Crippen molar-refractivity contribution in [3.8, 4) is 0 Å². The molecule has 0 spiro atoms. The highest BCUT2D eigenvalue weighted by Crippen LogP contribution is 2.29. The van der Waals surface area contributed by atoms with Crippen LogP contribution in [0.4, 0.5) is 0 Å². The third-order valence-electron chi connectivity index (χ3n) is 3.62. The number of sulfone groups is 1. The van der Waals surface area contributed by atoms with Gasteiger partial charge in [0.15, 0.2) is 9.84 Å². The Morgan fingerprint density at radius 3 is 2.67 bits per heavy atom. The van der Waals surface area contributed by atoms with Crippen molar-refractivity contribution in [2.24, 2.45) is 0 Å². The molecule has 5 heteroatoms. The number of hydrogen-bond donors (Lipinski definition) is 1. The maximum atomic E-state index is 12.3. The zero-order chi connectivity index (χ0) is 13.2. The molecule has 0 aliphatic heterocycles. The quantitative estimate of drug-likeness (QED) is 0.925. The highest BCUT2D eigenvalue weighted by Gasteiger charge is 2.33. The van der Waals surface area contributed by atoms with E-state index in [9.17, 15) is 8.42 Å². The molecule has 1 aromatic carbocycles. The summed E-state index contributed by atoms with van der Waals surface area (Å²) in [6, 6.07) is 7.48. The maximum absolute atomic E-state index is 12.3. The summed E-state index contributed by atoms with van der Waals surface area (Å²) in [5, 5.41) is 3.45. The van der Waals surface area contributed by atoms with E-state index in [2.05, 4.69) is 5.32 Å². The van der Waals surface area contributed by atoms with E-state index in [4.69, 9.17) is 11.6 Å². The molecule has 18 heavy (non-hydrogen) atoms. The molecule has 0 radical (unpaired) electrons. The smallest absolute Gasteiger partial charge is 0.157 e. The van der Waals surface area contributed by atoms with Crippen LogP contribution in [-0.2, 0) is 15.6 Å². The third kappa shape index (κ3) is 3.05. The Morgan fingerprint density at radius 1 is 1.33 bits per heavy atom. The van der Waals surface area contributed by atoms with Gasteiger partial charge in [0.05, 0.1) is 11.0 Å². The molecule has 0 bridgehead atoms. The van der Waals surface area contributed by atoms with E-state index in [1.165, 1.54) is 0 Å². The highest BCUT2D eigenvalue weighted by atomic mass is 35.5. The fraction of sp³-hybridized carbons (Fsp3) is 0.538. The SMILES string of the molecule is CNC1CCC(S(=O)(=O)Cc2ccccc2Cl)C1. The predicted octanol–water partition coefficient (Wildman–Crippen LogP) is 2.40. The maximum Gasteiger partial charge on any atom is 0.157 e. The van der Waals surface area contributed by atoms with Crippen molar-refractivity contribution >= 4 is 21.4 Å². The van der Waals surface area contributed by atoms with Crippen LogP contribution in [0.2, 0.25) is 5.02 Å². The van der Waals surface area contributed by atoms with Crippen molar-refractivity contribution in [2.75, 3.05) is 7.05 Å². The van der Waals surface area contributed by atoms with Gasteiger partial charge in [-0.05, 0) is 37.9 Å². The van der Waals surface area contributed by atoms with Crippen LogP contribution < -0.4 is 5.32 Å². The number of halogens is 1. The minimum atomic E-state index is -3.10. The van der Waals surface area contributed by atoms with Crippen molar-refractivity contribution in [1.82, 2.24) is 5.32 Å². The Kier molecular flexibility index (Phi) is 4.30. The molecule has 2 rings (SSSR count). The first-order valence-electron chi connectivity index (χ1n) is 6.15. The topological polar surface area (TPSA) is 46.2 Å². The first-order chi connectivity index (χ1) is 8.53. The van der Waals surface area contributed by atoms with E-state index in [1.54, 1.807) is 12.1 Å². The molecule has 1 aliphatic rings. The van der Waals surface area contributed by atoms with Crippen molar-refractivity contribution in [3.63, 3.8) is 0 Å². The van der Waals surface area contributed by atoms with Crippen LogP contribution in [0.3, 0.4) is 0 Å². The lowest BCUT2D eigenvalue weighted by atomic mass is 10.2. The van der Waals surface area contributed by atoms with Crippen LogP contribution in [0.1, 0.15) is 24.8 Å². The fourth-order valence-electron chi connectivity index (χ4n) is 2.48. The Balaban J connectivity index is 2.11. The van der Waals surface area contributed by atoms with Crippen LogP contribution in [0.25, 0.3) is 0 Å². The number of hydrogen-bond acceptors (Lipinski definition) is 3. The molecule has 100 valence electrons. The average Bonchev–Trinajstić information content (AvgIpc) is 2.81. The largest absolute Gasteiger partial charge is 0.317 e. The Labute approximate surface area is 113 Å². The highest BCUT2D eigenvalue weighted by molar-refractivity contribution is 7.91. The van der Waals surface area contributed by atoms with Gasteiger partial charge in [-0.3, -0.25) is 0 Å². The molecule has 1 fully saturated rings. The molecule has 1 aliphatic carbocycles. The second-order valence-electron chi connectivity index (χ2n) is 4.82. The summed E-state index contributed by atoms with van der Waals surface area (Å²) in [5.41, 5.74) is 0.701. The summed E-state index contributed by atoms with van der Waals surface area (Å²) in [6.07, 6.45) is 2.39. The van der Waals surface area contributed by atoms with E-state index in [1.807, 2.05) is 19.2 Å². The zero-order valence-corrected chi connectivity index (χ0v) is 12.0. The minimum Gasteiger partial charge on any atom is -0.317 e. The second-order valence-corrected chi connectivity index (χ2v) is 7.51. The summed E-state index contributed by atoms with van der Waals surface area (Å²) in [7, 11) is -1.22. The molecule has 3 nitrogen and oxygen atoms in total. The monoisotopic (exact) mass is 287 g/mol. The van der Waals surface area contributed by atoms with Crippen molar-refractivity contribution in [3.05, 3.63) is 34.9 Å². The van der Waals surface area contributed by atoms with E-state index < -0.39 is 9.84 Å². The van der Waals surface area contributed by atoms with Crippen LogP contribution in [0.15, 0.2) is 24.3 Å². The molecule has 1 N–H and O–H groups in total. The lowest BCUT2D eigenvalue weighted by Crippen LogP contribution is -2.25. The molecule has 0 amide bonds. The zero-order valence-electron chi connectivity index (χ0n) is 10.4. The van der Waals surface area contributed by atoms with Crippen LogP contribution in [0.5, 0.6) is 0 Å². The van der Waals surface area contributed by atoms with Gasteiger partial charge in [0.25, 0.3) is 0 Å². The molecular weight excluding hydrogens is 270 g/mol. The molecule has 0 heterocycles. The fourth-order valence-corrected chi connectivity index (χ4v) is 4.70. The van der Waals surface area contributed by atoms with Gasteiger partial charge < -0.3 is 5.32 Å². The van der Waals surface area contributed by atoms with E-state index in [0.29, 0.717) is 23.0 Å². The first-order valence-corrected chi connectivity index (χ1v) is 8.24. The normalized spacial score (nSPS) is 24.3. The van der Waals surface area contributed by atoms with Gasteiger partial charge in [0.1, 0.15) is 0 Å². The summed E-state index contributed by atoms with van der Waals surface area (Å²) >= 11 is 6.02. The van der Waals surface area contributed by atoms with Gasteiger partial charge in [0, 0.05) is 11.1 Å². The molecule has 1 saturated carbocycles. The van der Waals surface area contributed by atoms with E-state index in [-0.39, 0.29) is 11.0 Å². The molecule has 0 saturated heterocycles. The lowest BCUT2D eigenvalue weighted by Gasteiger charge is -2.13. The van der Waals surface area contributed by atoms with Crippen molar-refractivity contribution in [1.29, 1.82) is 0 Å². The lowest BCUT2D eigenvalue weighted by molar-refractivity contribution is 0.564. The van der Waals surface area contributed by atoms with Gasteiger partial charge in [-0.2, -0.15) is 0 Å². The van der Waals surface area contributed by atoms with Crippen LogP contribution in [-0.4, -0.2) is 26.8 Å². The average molecular weight is 288 g/mol.